The van der Waals surface area contributed by atoms with Crippen molar-refractivity contribution in [2.24, 2.45) is 5.92 Å². The van der Waals surface area contributed by atoms with Gasteiger partial charge in [-0.1, -0.05) is 56.5 Å². The van der Waals surface area contributed by atoms with E-state index in [1.807, 2.05) is 0 Å². The second-order valence-corrected chi connectivity index (χ2v) is 4.09. The minimum absolute atomic E-state index is 0.826. The van der Waals surface area contributed by atoms with Gasteiger partial charge in [-0.25, -0.2) is 0 Å². The highest BCUT2D eigenvalue weighted by molar-refractivity contribution is 5.22. The maximum Gasteiger partial charge on any atom is -0.0253 e. The first-order valence-electron chi connectivity index (χ1n) is 5.28. The summed E-state index contributed by atoms with van der Waals surface area (Å²) in [4.78, 5) is 0. The monoisotopic (exact) mass is 176 g/mol. The van der Waals surface area contributed by atoms with E-state index >= 15 is 0 Å². The molecule has 72 valence electrons. The van der Waals surface area contributed by atoms with Crippen LogP contribution in [-0.4, -0.2) is 0 Å². The molecule has 0 bridgehead atoms. The quantitative estimate of drug-likeness (QED) is 0.651. The lowest BCUT2D eigenvalue weighted by molar-refractivity contribution is 0.522. The van der Waals surface area contributed by atoms with Crippen molar-refractivity contribution in [1.82, 2.24) is 0 Å². The third-order valence-electron chi connectivity index (χ3n) is 2.45. The molecule has 1 aromatic rings. The van der Waals surface area contributed by atoms with E-state index < -0.39 is 0 Å². The number of aryl methyl sites for hydroxylation is 1. The minimum Gasteiger partial charge on any atom is -0.0654 e. The largest absolute Gasteiger partial charge is 0.0654 e. The fourth-order valence-electron chi connectivity index (χ4n) is 1.84. The van der Waals surface area contributed by atoms with E-state index in [-0.39, 0.29) is 0 Å². The molecule has 13 heavy (non-hydrogen) atoms. The highest BCUT2D eigenvalue weighted by Gasteiger charge is 2.01. The highest BCUT2D eigenvalue weighted by Crippen LogP contribution is 2.14. The van der Waals surface area contributed by atoms with Gasteiger partial charge in [0.25, 0.3) is 0 Å². The summed E-state index contributed by atoms with van der Waals surface area (Å²) in [5, 5.41) is 0. The summed E-state index contributed by atoms with van der Waals surface area (Å²) in [6.45, 7) is 6.76. The molecule has 0 saturated heterocycles. The first kappa shape index (κ1) is 10.3. The van der Waals surface area contributed by atoms with E-state index in [4.69, 9.17) is 0 Å². The first-order chi connectivity index (χ1) is 6.22. The molecule has 1 unspecified atom stereocenters. The van der Waals surface area contributed by atoms with Crippen LogP contribution in [0.5, 0.6) is 0 Å². The van der Waals surface area contributed by atoms with Gasteiger partial charge in [0.05, 0.1) is 0 Å². The van der Waals surface area contributed by atoms with Crippen LogP contribution in [0.4, 0.5) is 0 Å². The Hall–Kier alpha value is -0.780. The van der Waals surface area contributed by atoms with E-state index in [2.05, 4.69) is 45.0 Å². The van der Waals surface area contributed by atoms with Crippen LogP contribution < -0.4 is 0 Å². The summed E-state index contributed by atoms with van der Waals surface area (Å²) in [5.41, 5.74) is 2.86. The summed E-state index contributed by atoms with van der Waals surface area (Å²) in [7, 11) is 0. The summed E-state index contributed by atoms with van der Waals surface area (Å²) in [6, 6.07) is 8.85. The average Bonchev–Trinajstić information content (AvgIpc) is 2.04. The van der Waals surface area contributed by atoms with Gasteiger partial charge in [0, 0.05) is 0 Å². The van der Waals surface area contributed by atoms with Crippen LogP contribution in [0.25, 0.3) is 0 Å². The zero-order valence-corrected chi connectivity index (χ0v) is 9.01. The number of hydrogen-bond donors (Lipinski definition) is 0. The van der Waals surface area contributed by atoms with Gasteiger partial charge < -0.3 is 0 Å². The Morgan fingerprint density at radius 1 is 1.31 bits per heavy atom. The molecule has 0 fully saturated rings. The van der Waals surface area contributed by atoms with Crippen molar-refractivity contribution in [1.29, 1.82) is 0 Å². The number of hydrogen-bond acceptors (Lipinski definition) is 0. The predicted molar refractivity (Wildman–Crippen MR) is 59.0 cm³/mol. The summed E-state index contributed by atoms with van der Waals surface area (Å²) >= 11 is 0. The summed E-state index contributed by atoms with van der Waals surface area (Å²) in [6.07, 6.45) is 3.87. The Kier molecular flexibility index (Phi) is 4.01. The molecule has 1 aromatic carbocycles. The van der Waals surface area contributed by atoms with Gasteiger partial charge in [-0.2, -0.15) is 0 Å². The van der Waals surface area contributed by atoms with Crippen LogP contribution in [0.15, 0.2) is 24.3 Å². The number of rotatable bonds is 4. The maximum atomic E-state index is 2.34. The van der Waals surface area contributed by atoms with Gasteiger partial charge >= 0.3 is 0 Å². The molecule has 0 aliphatic carbocycles. The van der Waals surface area contributed by atoms with E-state index in [1.165, 1.54) is 30.4 Å². The van der Waals surface area contributed by atoms with Gasteiger partial charge in [-0.05, 0) is 24.8 Å². The Morgan fingerprint density at radius 3 is 2.69 bits per heavy atom. The van der Waals surface area contributed by atoms with Crippen molar-refractivity contribution >= 4 is 0 Å². The number of benzene rings is 1. The summed E-state index contributed by atoms with van der Waals surface area (Å²) < 4.78 is 0. The Bertz CT molecular complexity index is 250. The summed E-state index contributed by atoms with van der Waals surface area (Å²) in [5.74, 6) is 0.826. The molecule has 0 heteroatoms. The van der Waals surface area contributed by atoms with E-state index in [0.717, 1.165) is 5.92 Å². The molecule has 0 heterocycles. The molecule has 0 aliphatic rings. The SMILES string of the molecule is CCCC(C)Cc1cccc(C)c1. The average molecular weight is 176 g/mol. The van der Waals surface area contributed by atoms with Gasteiger partial charge in [-0.15, -0.1) is 0 Å². The van der Waals surface area contributed by atoms with E-state index in [9.17, 15) is 0 Å². The van der Waals surface area contributed by atoms with Gasteiger partial charge in [0.15, 0.2) is 0 Å². The molecule has 0 radical (unpaired) electrons. The molecule has 0 aromatic heterocycles. The second-order valence-electron chi connectivity index (χ2n) is 4.09. The minimum atomic E-state index is 0.826. The first-order valence-corrected chi connectivity index (χ1v) is 5.28. The van der Waals surface area contributed by atoms with Crippen molar-refractivity contribution in [2.75, 3.05) is 0 Å². The van der Waals surface area contributed by atoms with Crippen molar-refractivity contribution in [3.8, 4) is 0 Å². The van der Waals surface area contributed by atoms with Crippen molar-refractivity contribution in [3.05, 3.63) is 35.4 Å². The zero-order valence-electron chi connectivity index (χ0n) is 9.01. The molecular formula is C13H20. The second kappa shape index (κ2) is 5.06. The topological polar surface area (TPSA) is 0 Å². The van der Waals surface area contributed by atoms with Crippen molar-refractivity contribution in [3.63, 3.8) is 0 Å². The molecule has 0 N–H and O–H groups in total. The Balaban J connectivity index is 2.53. The van der Waals surface area contributed by atoms with Crippen molar-refractivity contribution < 1.29 is 0 Å². The van der Waals surface area contributed by atoms with Crippen molar-refractivity contribution in [2.45, 2.75) is 40.0 Å². The van der Waals surface area contributed by atoms with Crippen LogP contribution in [0.3, 0.4) is 0 Å². The molecular weight excluding hydrogens is 156 g/mol. The van der Waals surface area contributed by atoms with E-state index in [1.54, 1.807) is 0 Å². The molecule has 0 aliphatic heterocycles. The van der Waals surface area contributed by atoms with Gasteiger partial charge in [0.2, 0.25) is 0 Å². The predicted octanol–water partition coefficient (Wildman–Crippen LogP) is 3.97. The maximum absolute atomic E-state index is 2.34. The van der Waals surface area contributed by atoms with Crippen LogP contribution in [0.2, 0.25) is 0 Å². The van der Waals surface area contributed by atoms with Gasteiger partial charge in [0.1, 0.15) is 0 Å². The lowest BCUT2D eigenvalue weighted by atomic mass is 9.96. The third kappa shape index (κ3) is 3.63. The standard InChI is InChI=1S/C13H20/c1-4-6-11(2)9-13-8-5-7-12(3)10-13/h5,7-8,10-11H,4,6,9H2,1-3H3. The lowest BCUT2D eigenvalue weighted by Gasteiger charge is -2.09. The van der Waals surface area contributed by atoms with Crippen LogP contribution >= 0.6 is 0 Å². The smallest absolute Gasteiger partial charge is 0.0253 e. The normalized spacial score (nSPS) is 12.8. The Labute approximate surface area is 82.0 Å². The molecule has 0 amide bonds. The van der Waals surface area contributed by atoms with E-state index in [0.29, 0.717) is 0 Å². The fourth-order valence-corrected chi connectivity index (χ4v) is 1.84. The van der Waals surface area contributed by atoms with Gasteiger partial charge in [-0.3, -0.25) is 0 Å². The molecule has 0 spiro atoms. The Morgan fingerprint density at radius 2 is 2.08 bits per heavy atom. The zero-order chi connectivity index (χ0) is 9.68. The highest BCUT2D eigenvalue weighted by atomic mass is 14.1. The third-order valence-corrected chi connectivity index (χ3v) is 2.45. The molecule has 0 nitrogen and oxygen atoms in total. The van der Waals surface area contributed by atoms with Crippen LogP contribution in [-0.2, 0) is 6.42 Å². The van der Waals surface area contributed by atoms with Crippen LogP contribution in [0, 0.1) is 12.8 Å². The fraction of sp³-hybridized carbons (Fsp3) is 0.538. The van der Waals surface area contributed by atoms with Crippen LogP contribution in [0.1, 0.15) is 37.8 Å². The molecule has 0 saturated carbocycles. The molecule has 1 rings (SSSR count). The molecule has 1 atom stereocenters. The lowest BCUT2D eigenvalue weighted by Crippen LogP contribution is -1.98.